The van der Waals surface area contributed by atoms with Gasteiger partial charge >= 0.3 is 11.9 Å². The van der Waals surface area contributed by atoms with Gasteiger partial charge in [0.25, 0.3) is 0 Å². The number of carbonyl (C=O) groups excluding carboxylic acids is 2. The fourth-order valence-corrected chi connectivity index (χ4v) is 3.55. The van der Waals surface area contributed by atoms with Gasteiger partial charge in [-0.3, -0.25) is 4.79 Å². The van der Waals surface area contributed by atoms with Gasteiger partial charge in [0, 0.05) is 24.3 Å². The number of halogens is 2. The van der Waals surface area contributed by atoms with Crippen molar-refractivity contribution in [2.75, 3.05) is 14.2 Å². The van der Waals surface area contributed by atoms with Crippen LogP contribution in [0.5, 0.6) is 0 Å². The van der Waals surface area contributed by atoms with Gasteiger partial charge in [-0.15, -0.1) is 0 Å². The molecule has 2 rings (SSSR count). The Balaban J connectivity index is 2.13. The molecule has 1 aliphatic rings. The van der Waals surface area contributed by atoms with Gasteiger partial charge in [-0.1, -0.05) is 19.9 Å². The number of allylic oxidation sites excluding steroid dienone is 1. The van der Waals surface area contributed by atoms with Gasteiger partial charge in [0.1, 0.15) is 18.2 Å². The molecule has 1 aliphatic carbocycles. The van der Waals surface area contributed by atoms with Crippen LogP contribution in [-0.4, -0.2) is 26.2 Å². The molecule has 1 aromatic carbocycles. The fraction of sp³-hybridized carbons (Fsp3) is 0.524. The lowest BCUT2D eigenvalue weighted by molar-refractivity contribution is -0.147. The van der Waals surface area contributed by atoms with E-state index in [9.17, 15) is 18.4 Å². The Kier molecular flexibility index (Phi) is 6.59. The normalized spacial score (nSPS) is 20.3. The maximum absolute atomic E-state index is 14.5. The molecule has 0 spiro atoms. The first kappa shape index (κ1) is 22.0. The van der Waals surface area contributed by atoms with Gasteiger partial charge in [-0.05, 0) is 36.3 Å². The van der Waals surface area contributed by atoms with E-state index in [2.05, 4.69) is 4.74 Å². The molecule has 0 heterocycles. The minimum absolute atomic E-state index is 0.135. The molecular weight excluding hydrogens is 370 g/mol. The van der Waals surface area contributed by atoms with Crippen LogP contribution in [0, 0.1) is 42.7 Å². The topological polar surface area (TPSA) is 61.8 Å². The number of esters is 2. The molecule has 0 unspecified atom stereocenters. The highest BCUT2D eigenvalue weighted by molar-refractivity contribution is 5.83. The van der Waals surface area contributed by atoms with Crippen molar-refractivity contribution in [2.24, 2.45) is 17.3 Å². The van der Waals surface area contributed by atoms with E-state index < -0.39 is 29.5 Å². The summed E-state index contributed by atoms with van der Waals surface area (Å²) in [5, 5.41) is 0. The molecule has 0 amide bonds. The molecule has 0 N–H and O–H groups in total. The zero-order valence-electron chi connectivity index (χ0n) is 17.0. The molecule has 154 valence electrons. The number of methoxy groups -OCH3 is 2. The van der Waals surface area contributed by atoms with Gasteiger partial charge in [-0.25, -0.2) is 13.6 Å². The largest absolute Gasteiger partial charge is 0.466 e. The monoisotopic (exact) mass is 396 g/mol. The fourth-order valence-electron chi connectivity index (χ4n) is 3.55. The lowest BCUT2D eigenvalue weighted by atomic mass is 9.98. The van der Waals surface area contributed by atoms with Crippen molar-refractivity contribution in [3.8, 4) is 0 Å². The molecule has 7 heteroatoms. The minimum Gasteiger partial charge on any atom is -0.466 e. The number of rotatable bonds is 7. The van der Waals surface area contributed by atoms with E-state index in [0.717, 1.165) is 0 Å². The first-order chi connectivity index (χ1) is 13.1. The van der Waals surface area contributed by atoms with Crippen molar-refractivity contribution >= 4 is 11.9 Å². The van der Waals surface area contributed by atoms with Crippen LogP contribution >= 0.6 is 0 Å². The zero-order chi connectivity index (χ0) is 21.2. The summed E-state index contributed by atoms with van der Waals surface area (Å²) in [4.78, 5) is 23.8. The van der Waals surface area contributed by atoms with Gasteiger partial charge in [0.2, 0.25) is 0 Å². The van der Waals surface area contributed by atoms with Crippen molar-refractivity contribution in [1.82, 2.24) is 0 Å². The van der Waals surface area contributed by atoms with Crippen LogP contribution < -0.4 is 0 Å². The summed E-state index contributed by atoms with van der Waals surface area (Å²) in [6.45, 7) is 6.42. The van der Waals surface area contributed by atoms with Gasteiger partial charge < -0.3 is 14.2 Å². The van der Waals surface area contributed by atoms with E-state index in [1.165, 1.54) is 34.1 Å². The maximum Gasteiger partial charge on any atom is 0.330 e. The lowest BCUT2D eigenvalue weighted by Gasteiger charge is -2.16. The van der Waals surface area contributed by atoms with Crippen LogP contribution in [0.25, 0.3) is 0 Å². The van der Waals surface area contributed by atoms with Crippen LogP contribution in [-0.2, 0) is 37.0 Å². The van der Waals surface area contributed by atoms with Gasteiger partial charge in [0.05, 0.1) is 19.6 Å². The molecule has 1 saturated carbocycles. The molecule has 0 radical (unpaired) electrons. The summed E-state index contributed by atoms with van der Waals surface area (Å²) in [5.41, 5.74) is 0.268. The molecule has 0 aromatic heterocycles. The highest BCUT2D eigenvalue weighted by atomic mass is 19.1. The van der Waals surface area contributed by atoms with Crippen molar-refractivity contribution in [3.05, 3.63) is 46.0 Å². The number of ether oxygens (including phenoxy) is 3. The Morgan fingerprint density at radius 2 is 1.61 bits per heavy atom. The lowest BCUT2D eigenvalue weighted by Crippen LogP contribution is -2.14. The van der Waals surface area contributed by atoms with Crippen LogP contribution in [0.3, 0.4) is 0 Å². The molecule has 0 aliphatic heterocycles. The Morgan fingerprint density at radius 3 is 2.11 bits per heavy atom. The predicted molar refractivity (Wildman–Crippen MR) is 98.3 cm³/mol. The van der Waals surface area contributed by atoms with Gasteiger partial charge in [-0.2, -0.15) is 0 Å². The standard InChI is InChI=1S/C21H26F2O5/c1-11-13(12(2)19(23)14(9-26-5)18(11)22)10-28-20(25)17-15(21(17,3)4)7-8-16(24)27-6/h7-8,15,17H,9-10H2,1-6H3/b8-7-/t15-,17-/m0/s1. The van der Waals surface area contributed by atoms with Gasteiger partial charge in [0.15, 0.2) is 0 Å². The van der Waals surface area contributed by atoms with Crippen LogP contribution in [0.2, 0.25) is 0 Å². The third-order valence-corrected chi connectivity index (χ3v) is 5.55. The van der Waals surface area contributed by atoms with Crippen LogP contribution in [0.4, 0.5) is 8.78 Å². The van der Waals surface area contributed by atoms with Crippen LogP contribution in [0.1, 0.15) is 36.1 Å². The second kappa shape index (κ2) is 8.39. The summed E-state index contributed by atoms with van der Waals surface area (Å²) in [6.07, 6.45) is 2.92. The molecule has 28 heavy (non-hydrogen) atoms. The summed E-state index contributed by atoms with van der Waals surface area (Å²) in [7, 11) is 2.64. The Labute approximate surface area is 163 Å². The summed E-state index contributed by atoms with van der Waals surface area (Å²) in [6, 6.07) is 0. The molecule has 5 nitrogen and oxygen atoms in total. The second-order valence-electron chi connectivity index (χ2n) is 7.58. The Bertz CT molecular complexity index is 784. The summed E-state index contributed by atoms with van der Waals surface area (Å²) >= 11 is 0. The van der Waals surface area contributed by atoms with Crippen molar-refractivity contribution in [3.63, 3.8) is 0 Å². The zero-order valence-corrected chi connectivity index (χ0v) is 17.0. The molecule has 0 bridgehead atoms. The van der Waals surface area contributed by atoms with Crippen molar-refractivity contribution < 1.29 is 32.6 Å². The first-order valence-corrected chi connectivity index (χ1v) is 8.95. The van der Waals surface area contributed by atoms with Crippen LogP contribution in [0.15, 0.2) is 12.2 Å². The predicted octanol–water partition coefficient (Wildman–Crippen LogP) is 3.77. The van der Waals surface area contributed by atoms with E-state index in [-0.39, 0.29) is 41.2 Å². The molecule has 1 aromatic rings. The minimum atomic E-state index is -0.693. The first-order valence-electron chi connectivity index (χ1n) is 8.95. The summed E-state index contributed by atoms with van der Waals surface area (Å²) < 4.78 is 43.7. The van der Waals surface area contributed by atoms with Crippen molar-refractivity contribution in [2.45, 2.75) is 40.9 Å². The Hall–Kier alpha value is -2.28. The third-order valence-electron chi connectivity index (χ3n) is 5.55. The smallest absolute Gasteiger partial charge is 0.330 e. The SMILES string of the molecule is COCc1c(F)c(C)c(COC(=O)[C@@H]2[C@H](/C=C\C(=O)OC)C2(C)C)c(C)c1F. The average molecular weight is 396 g/mol. The Morgan fingerprint density at radius 1 is 1.04 bits per heavy atom. The molecule has 0 saturated heterocycles. The molecule has 1 fully saturated rings. The number of benzene rings is 1. The van der Waals surface area contributed by atoms with E-state index in [1.807, 2.05) is 13.8 Å². The number of hydrogen-bond donors (Lipinski definition) is 0. The van der Waals surface area contributed by atoms with E-state index >= 15 is 0 Å². The maximum atomic E-state index is 14.5. The number of hydrogen-bond acceptors (Lipinski definition) is 5. The van der Waals surface area contributed by atoms with Crippen molar-refractivity contribution in [1.29, 1.82) is 0 Å². The third kappa shape index (κ3) is 4.09. The quantitative estimate of drug-likeness (QED) is 0.519. The highest BCUT2D eigenvalue weighted by Gasteiger charge is 2.61. The number of carbonyl (C=O) groups is 2. The second-order valence-corrected chi connectivity index (χ2v) is 7.58. The summed E-state index contributed by atoms with van der Waals surface area (Å²) in [5.74, 6) is -2.95. The van der Waals surface area contributed by atoms with E-state index in [4.69, 9.17) is 9.47 Å². The average Bonchev–Trinajstić information content (AvgIpc) is 3.21. The molecule has 2 atom stereocenters. The highest BCUT2D eigenvalue weighted by Crippen LogP contribution is 2.59. The van der Waals surface area contributed by atoms with E-state index in [0.29, 0.717) is 5.56 Å². The molecular formula is C21H26F2O5. The van der Waals surface area contributed by atoms with E-state index in [1.54, 1.807) is 6.08 Å².